The summed E-state index contributed by atoms with van der Waals surface area (Å²) >= 11 is 0. The molecule has 0 saturated heterocycles. The van der Waals surface area contributed by atoms with Crippen molar-refractivity contribution in [2.45, 2.75) is 6.61 Å². The third kappa shape index (κ3) is 4.92. The van der Waals surface area contributed by atoms with Crippen LogP contribution in [0.1, 0.15) is 5.56 Å². The van der Waals surface area contributed by atoms with Crippen LogP contribution in [-0.2, 0) is 6.61 Å². The first-order chi connectivity index (χ1) is 12.9. The summed E-state index contributed by atoms with van der Waals surface area (Å²) in [5, 5.41) is 8.90. The highest BCUT2D eigenvalue weighted by atomic mass is 16.3. The first kappa shape index (κ1) is 17.7. The summed E-state index contributed by atoms with van der Waals surface area (Å²) in [5.74, 6) is 0. The number of aliphatic hydroxyl groups is 1. The molecule has 0 aliphatic heterocycles. The van der Waals surface area contributed by atoms with Gasteiger partial charge in [-0.25, -0.2) is 0 Å². The monoisotopic (exact) mass is 338 g/mol. The second kappa shape index (κ2) is 9.36. The molecule has 1 N–H and O–H groups in total. The molecule has 0 unspecified atom stereocenters. The molecule has 4 aromatic rings. The van der Waals surface area contributed by atoms with Crippen LogP contribution in [0.4, 0.5) is 0 Å². The zero-order valence-electron chi connectivity index (χ0n) is 14.6. The standard InChI is InChI=1S/C13H12O.C12H10/c14-10-11-6-8-13(9-7-11)12-4-2-1-3-5-12;1-3-7-11(8-4-1)12-9-5-2-6-10-12/h1-9,14H,10H2;1-10H. The van der Waals surface area contributed by atoms with Crippen LogP contribution < -0.4 is 0 Å². The van der Waals surface area contributed by atoms with E-state index in [2.05, 4.69) is 60.7 Å². The molecular formula is C25H22O. The van der Waals surface area contributed by atoms with Gasteiger partial charge in [-0.3, -0.25) is 0 Å². The Kier molecular flexibility index (Phi) is 6.35. The van der Waals surface area contributed by atoms with E-state index < -0.39 is 0 Å². The third-order valence-electron chi connectivity index (χ3n) is 4.12. The van der Waals surface area contributed by atoms with E-state index in [0.717, 1.165) is 5.56 Å². The van der Waals surface area contributed by atoms with Gasteiger partial charge in [-0.15, -0.1) is 0 Å². The normalized spacial score (nSPS) is 9.88. The fraction of sp³-hybridized carbons (Fsp3) is 0.0400. The van der Waals surface area contributed by atoms with Gasteiger partial charge < -0.3 is 5.11 Å². The van der Waals surface area contributed by atoms with Gasteiger partial charge in [0.25, 0.3) is 0 Å². The van der Waals surface area contributed by atoms with Gasteiger partial charge >= 0.3 is 0 Å². The zero-order chi connectivity index (χ0) is 18.0. The summed E-state index contributed by atoms with van der Waals surface area (Å²) in [5.41, 5.74) is 5.89. The minimum absolute atomic E-state index is 0.106. The second-order valence-electron chi connectivity index (χ2n) is 5.95. The van der Waals surface area contributed by atoms with Crippen LogP contribution in [0.2, 0.25) is 0 Å². The average Bonchev–Trinajstić information content (AvgIpc) is 2.76. The molecule has 4 aromatic carbocycles. The van der Waals surface area contributed by atoms with Crippen molar-refractivity contribution in [3.8, 4) is 22.3 Å². The third-order valence-corrected chi connectivity index (χ3v) is 4.12. The van der Waals surface area contributed by atoms with Crippen LogP contribution in [0.25, 0.3) is 22.3 Å². The van der Waals surface area contributed by atoms with Gasteiger partial charge in [0.15, 0.2) is 0 Å². The number of rotatable bonds is 3. The van der Waals surface area contributed by atoms with E-state index in [1.54, 1.807) is 0 Å². The molecule has 0 atom stereocenters. The molecule has 128 valence electrons. The maximum Gasteiger partial charge on any atom is 0.0681 e. The second-order valence-corrected chi connectivity index (χ2v) is 5.95. The van der Waals surface area contributed by atoms with E-state index in [0.29, 0.717) is 0 Å². The van der Waals surface area contributed by atoms with Crippen LogP contribution in [0.5, 0.6) is 0 Å². The molecule has 0 spiro atoms. The first-order valence-corrected chi connectivity index (χ1v) is 8.72. The Morgan fingerprint density at radius 3 is 1.00 bits per heavy atom. The lowest BCUT2D eigenvalue weighted by atomic mass is 10.0. The summed E-state index contributed by atoms with van der Waals surface area (Å²) in [7, 11) is 0. The van der Waals surface area contributed by atoms with E-state index in [1.807, 2.05) is 54.6 Å². The number of benzene rings is 4. The Bertz CT molecular complexity index is 845. The highest BCUT2D eigenvalue weighted by Gasteiger charge is 1.95. The lowest BCUT2D eigenvalue weighted by Crippen LogP contribution is -1.82. The lowest BCUT2D eigenvalue weighted by molar-refractivity contribution is 0.282. The summed E-state index contributed by atoms with van der Waals surface area (Å²) in [6.45, 7) is 0.106. The molecule has 0 saturated carbocycles. The molecule has 26 heavy (non-hydrogen) atoms. The SMILES string of the molecule is OCc1ccc(-c2ccccc2)cc1.c1ccc(-c2ccccc2)cc1. The summed E-state index contributed by atoms with van der Waals surface area (Å²) in [6, 6.07) is 38.9. The van der Waals surface area contributed by atoms with Gasteiger partial charge in [-0.05, 0) is 27.8 Å². The first-order valence-electron chi connectivity index (χ1n) is 8.72. The molecule has 0 fully saturated rings. The van der Waals surface area contributed by atoms with E-state index in [9.17, 15) is 0 Å². The van der Waals surface area contributed by atoms with E-state index in [1.165, 1.54) is 22.3 Å². The topological polar surface area (TPSA) is 20.2 Å². The van der Waals surface area contributed by atoms with Crippen LogP contribution >= 0.6 is 0 Å². The van der Waals surface area contributed by atoms with Crippen molar-refractivity contribution in [2.24, 2.45) is 0 Å². The van der Waals surface area contributed by atoms with Crippen molar-refractivity contribution in [1.29, 1.82) is 0 Å². The Morgan fingerprint density at radius 1 is 0.385 bits per heavy atom. The van der Waals surface area contributed by atoms with Gasteiger partial charge in [0.2, 0.25) is 0 Å². The largest absolute Gasteiger partial charge is 0.392 e. The smallest absolute Gasteiger partial charge is 0.0681 e. The molecule has 0 bridgehead atoms. The maximum atomic E-state index is 8.90. The molecule has 4 rings (SSSR count). The lowest BCUT2D eigenvalue weighted by Gasteiger charge is -2.01. The zero-order valence-corrected chi connectivity index (χ0v) is 14.6. The van der Waals surface area contributed by atoms with Crippen molar-refractivity contribution in [3.05, 3.63) is 121 Å². The minimum atomic E-state index is 0.106. The van der Waals surface area contributed by atoms with E-state index >= 15 is 0 Å². The summed E-state index contributed by atoms with van der Waals surface area (Å²) < 4.78 is 0. The highest BCUT2D eigenvalue weighted by molar-refractivity contribution is 5.63. The minimum Gasteiger partial charge on any atom is -0.392 e. The molecule has 1 heteroatoms. The van der Waals surface area contributed by atoms with Crippen LogP contribution in [-0.4, -0.2) is 5.11 Å². The Hall–Kier alpha value is -3.16. The fourth-order valence-electron chi connectivity index (χ4n) is 2.69. The Morgan fingerprint density at radius 2 is 0.692 bits per heavy atom. The molecule has 0 aromatic heterocycles. The fourth-order valence-corrected chi connectivity index (χ4v) is 2.69. The molecule has 0 radical (unpaired) electrons. The van der Waals surface area contributed by atoms with Crippen molar-refractivity contribution in [1.82, 2.24) is 0 Å². The van der Waals surface area contributed by atoms with Gasteiger partial charge in [0.1, 0.15) is 0 Å². The van der Waals surface area contributed by atoms with E-state index in [4.69, 9.17) is 5.11 Å². The number of hydrogen-bond acceptors (Lipinski definition) is 1. The van der Waals surface area contributed by atoms with Crippen molar-refractivity contribution in [3.63, 3.8) is 0 Å². The Balaban J connectivity index is 0.000000152. The van der Waals surface area contributed by atoms with Gasteiger partial charge in [-0.1, -0.05) is 115 Å². The van der Waals surface area contributed by atoms with Gasteiger partial charge in [0, 0.05) is 0 Å². The maximum absolute atomic E-state index is 8.90. The van der Waals surface area contributed by atoms with Crippen molar-refractivity contribution >= 4 is 0 Å². The average molecular weight is 338 g/mol. The molecule has 0 heterocycles. The van der Waals surface area contributed by atoms with Crippen LogP contribution in [0.15, 0.2) is 115 Å². The highest BCUT2D eigenvalue weighted by Crippen LogP contribution is 2.19. The Labute approximate surface area is 155 Å². The van der Waals surface area contributed by atoms with Gasteiger partial charge in [0.05, 0.1) is 6.61 Å². The summed E-state index contributed by atoms with van der Waals surface area (Å²) in [6.07, 6.45) is 0. The van der Waals surface area contributed by atoms with E-state index in [-0.39, 0.29) is 6.61 Å². The molecular weight excluding hydrogens is 316 g/mol. The quantitative estimate of drug-likeness (QED) is 0.471. The van der Waals surface area contributed by atoms with Gasteiger partial charge in [-0.2, -0.15) is 0 Å². The number of hydrogen-bond donors (Lipinski definition) is 1. The molecule has 0 aliphatic carbocycles. The van der Waals surface area contributed by atoms with Crippen molar-refractivity contribution < 1.29 is 5.11 Å². The summed E-state index contributed by atoms with van der Waals surface area (Å²) in [4.78, 5) is 0. The van der Waals surface area contributed by atoms with Crippen LogP contribution in [0, 0.1) is 0 Å². The predicted molar refractivity (Wildman–Crippen MR) is 110 cm³/mol. The number of aliphatic hydroxyl groups excluding tert-OH is 1. The van der Waals surface area contributed by atoms with Crippen molar-refractivity contribution in [2.75, 3.05) is 0 Å². The predicted octanol–water partition coefficient (Wildman–Crippen LogP) is 6.20. The molecule has 0 aliphatic rings. The molecule has 1 nitrogen and oxygen atoms in total. The van der Waals surface area contributed by atoms with Crippen LogP contribution in [0.3, 0.4) is 0 Å². The molecule has 0 amide bonds.